The van der Waals surface area contributed by atoms with Gasteiger partial charge in [-0.2, -0.15) is 0 Å². The van der Waals surface area contributed by atoms with Crippen molar-refractivity contribution in [2.45, 2.75) is 31.7 Å². The molecule has 1 amide bonds. The number of aryl methyl sites for hydroxylation is 1. The number of carbonyl (C=O) groups excluding carboxylic acids is 1. The molecule has 1 aromatic carbocycles. The Bertz CT molecular complexity index is 550. The average Bonchev–Trinajstić information content (AvgIpc) is 2.55. The van der Waals surface area contributed by atoms with Gasteiger partial charge in [-0.1, -0.05) is 6.07 Å². The van der Waals surface area contributed by atoms with Crippen LogP contribution in [0.1, 0.15) is 35.2 Å². The van der Waals surface area contributed by atoms with E-state index in [1.54, 1.807) is 0 Å². The van der Waals surface area contributed by atoms with Crippen molar-refractivity contribution in [1.82, 2.24) is 10.2 Å². The molecule has 2 bridgehead atoms. The van der Waals surface area contributed by atoms with E-state index in [1.165, 1.54) is 31.5 Å². The number of nitrogens with one attached hydrogen (secondary N) is 1. The van der Waals surface area contributed by atoms with Crippen LogP contribution in [0.2, 0.25) is 0 Å². The minimum absolute atomic E-state index is 0.0470. The fourth-order valence-corrected chi connectivity index (χ4v) is 3.86. The average molecular weight is 286 g/mol. The molecule has 0 saturated carbocycles. The van der Waals surface area contributed by atoms with Gasteiger partial charge in [0.25, 0.3) is 5.91 Å². The van der Waals surface area contributed by atoms with Crippen molar-refractivity contribution in [2.75, 3.05) is 26.2 Å². The van der Waals surface area contributed by atoms with Gasteiger partial charge in [0.1, 0.15) is 5.75 Å². The summed E-state index contributed by atoms with van der Waals surface area (Å²) >= 11 is 0. The lowest BCUT2D eigenvalue weighted by atomic mass is 9.84. The maximum Gasteiger partial charge on any atom is 0.251 e. The van der Waals surface area contributed by atoms with Crippen LogP contribution in [0.25, 0.3) is 0 Å². The molecular weight excluding hydrogens is 264 g/mol. The monoisotopic (exact) mass is 286 g/mol. The molecule has 3 saturated heterocycles. The van der Waals surface area contributed by atoms with Crippen LogP contribution >= 0.6 is 0 Å². The summed E-state index contributed by atoms with van der Waals surface area (Å²) in [6.07, 6.45) is 4.56. The Morgan fingerprint density at radius 3 is 2.90 bits per heavy atom. The molecule has 112 valence electrons. The highest BCUT2D eigenvalue weighted by atomic mass is 16.5. The first kappa shape index (κ1) is 13.1. The van der Waals surface area contributed by atoms with Gasteiger partial charge < -0.3 is 15.0 Å². The second kappa shape index (κ2) is 5.34. The maximum absolute atomic E-state index is 12.5. The van der Waals surface area contributed by atoms with Gasteiger partial charge in [-0.25, -0.2) is 0 Å². The lowest BCUT2D eigenvalue weighted by Gasteiger charge is -2.44. The topological polar surface area (TPSA) is 41.6 Å². The lowest BCUT2D eigenvalue weighted by Crippen LogP contribution is -2.57. The summed E-state index contributed by atoms with van der Waals surface area (Å²) in [4.78, 5) is 14.9. The molecule has 1 aromatic rings. The second-order valence-corrected chi connectivity index (χ2v) is 6.49. The van der Waals surface area contributed by atoms with Crippen LogP contribution in [0.5, 0.6) is 5.75 Å². The summed E-state index contributed by atoms with van der Waals surface area (Å²) < 4.78 is 5.67. The normalized spacial score (nSPS) is 30.4. The minimum Gasteiger partial charge on any atom is -0.493 e. The van der Waals surface area contributed by atoms with E-state index in [1.807, 2.05) is 18.2 Å². The number of amides is 1. The number of carbonyl (C=O) groups is 1. The van der Waals surface area contributed by atoms with Crippen molar-refractivity contribution in [2.24, 2.45) is 5.92 Å². The van der Waals surface area contributed by atoms with E-state index in [4.69, 9.17) is 4.74 Å². The molecule has 3 fully saturated rings. The molecule has 1 unspecified atom stereocenters. The number of benzene rings is 1. The molecule has 21 heavy (non-hydrogen) atoms. The van der Waals surface area contributed by atoms with Gasteiger partial charge >= 0.3 is 0 Å². The van der Waals surface area contributed by atoms with Gasteiger partial charge in [0.2, 0.25) is 0 Å². The van der Waals surface area contributed by atoms with Crippen LogP contribution in [0.4, 0.5) is 0 Å². The molecule has 1 N–H and O–H groups in total. The second-order valence-electron chi connectivity index (χ2n) is 6.49. The van der Waals surface area contributed by atoms with Crippen LogP contribution in [0.3, 0.4) is 0 Å². The van der Waals surface area contributed by atoms with Crippen molar-refractivity contribution in [3.05, 3.63) is 29.3 Å². The molecule has 0 radical (unpaired) electrons. The first-order valence-electron chi connectivity index (χ1n) is 8.08. The molecule has 4 heterocycles. The van der Waals surface area contributed by atoms with Crippen molar-refractivity contribution in [3.63, 3.8) is 0 Å². The van der Waals surface area contributed by atoms with Crippen LogP contribution in [0, 0.1) is 5.92 Å². The smallest absolute Gasteiger partial charge is 0.251 e. The van der Waals surface area contributed by atoms with E-state index in [2.05, 4.69) is 10.2 Å². The van der Waals surface area contributed by atoms with Crippen LogP contribution < -0.4 is 10.1 Å². The summed E-state index contributed by atoms with van der Waals surface area (Å²) in [5.74, 6) is 1.60. The molecule has 0 aliphatic carbocycles. The van der Waals surface area contributed by atoms with E-state index in [-0.39, 0.29) is 5.91 Å². The molecule has 4 nitrogen and oxygen atoms in total. The summed E-state index contributed by atoms with van der Waals surface area (Å²) in [5, 5.41) is 3.24. The number of fused-ring (bicyclic) bond motifs is 4. The van der Waals surface area contributed by atoms with Gasteiger partial charge in [-0.3, -0.25) is 4.79 Å². The lowest BCUT2D eigenvalue weighted by molar-refractivity contribution is 0.0620. The number of piperidine rings is 3. The minimum atomic E-state index is 0.0470. The summed E-state index contributed by atoms with van der Waals surface area (Å²) in [6.45, 7) is 4.17. The Balaban J connectivity index is 1.47. The van der Waals surface area contributed by atoms with E-state index < -0.39 is 0 Å². The molecule has 0 aromatic heterocycles. The van der Waals surface area contributed by atoms with Crippen LogP contribution in [-0.4, -0.2) is 43.1 Å². The van der Waals surface area contributed by atoms with E-state index >= 15 is 0 Å². The Hall–Kier alpha value is -1.55. The Morgan fingerprint density at radius 2 is 2.14 bits per heavy atom. The highest BCUT2D eigenvalue weighted by molar-refractivity contribution is 5.95. The quantitative estimate of drug-likeness (QED) is 0.902. The van der Waals surface area contributed by atoms with Crippen molar-refractivity contribution < 1.29 is 9.53 Å². The van der Waals surface area contributed by atoms with Crippen molar-refractivity contribution in [1.29, 1.82) is 0 Å². The van der Waals surface area contributed by atoms with Gasteiger partial charge in [0, 0.05) is 18.2 Å². The predicted octanol–water partition coefficient (Wildman–Crippen LogP) is 1.84. The van der Waals surface area contributed by atoms with Gasteiger partial charge in [0.05, 0.1) is 6.61 Å². The highest BCUT2D eigenvalue weighted by Crippen LogP contribution is 2.29. The van der Waals surface area contributed by atoms with Gasteiger partial charge in [-0.15, -0.1) is 0 Å². The van der Waals surface area contributed by atoms with Crippen LogP contribution in [-0.2, 0) is 6.42 Å². The fourth-order valence-electron chi connectivity index (χ4n) is 3.86. The zero-order valence-electron chi connectivity index (χ0n) is 12.3. The molecule has 4 heteroatoms. The van der Waals surface area contributed by atoms with Crippen molar-refractivity contribution >= 4 is 5.91 Å². The Morgan fingerprint density at radius 1 is 1.29 bits per heavy atom. The zero-order valence-corrected chi connectivity index (χ0v) is 12.3. The van der Waals surface area contributed by atoms with Crippen LogP contribution in [0.15, 0.2) is 18.2 Å². The highest BCUT2D eigenvalue weighted by Gasteiger charge is 2.35. The maximum atomic E-state index is 12.5. The SMILES string of the molecule is O=C(NC1CN2CCC1CC2)c1ccc2c(c1)OCCC2. The first-order chi connectivity index (χ1) is 10.3. The number of hydrogen-bond donors (Lipinski definition) is 1. The Kier molecular flexibility index (Phi) is 3.34. The van der Waals surface area contributed by atoms with Gasteiger partial charge in [0.15, 0.2) is 0 Å². The van der Waals surface area contributed by atoms with Gasteiger partial charge in [-0.05, 0) is 62.4 Å². The zero-order chi connectivity index (χ0) is 14.2. The summed E-state index contributed by atoms with van der Waals surface area (Å²) in [6, 6.07) is 6.20. The third-order valence-corrected chi connectivity index (χ3v) is 5.15. The van der Waals surface area contributed by atoms with E-state index in [0.717, 1.165) is 37.3 Å². The number of rotatable bonds is 2. The molecule has 1 atom stereocenters. The number of ether oxygens (including phenoxy) is 1. The molecule has 4 aliphatic heterocycles. The predicted molar refractivity (Wildman–Crippen MR) is 80.7 cm³/mol. The summed E-state index contributed by atoms with van der Waals surface area (Å²) in [7, 11) is 0. The largest absolute Gasteiger partial charge is 0.493 e. The third-order valence-electron chi connectivity index (χ3n) is 5.15. The number of hydrogen-bond acceptors (Lipinski definition) is 3. The molecule has 4 aliphatic rings. The number of nitrogens with zero attached hydrogens (tertiary/aromatic N) is 1. The first-order valence-corrected chi connectivity index (χ1v) is 8.08. The third kappa shape index (κ3) is 2.53. The molecule has 0 spiro atoms. The van der Waals surface area contributed by atoms with E-state index in [9.17, 15) is 4.79 Å². The van der Waals surface area contributed by atoms with E-state index in [0.29, 0.717) is 12.0 Å². The summed E-state index contributed by atoms with van der Waals surface area (Å²) in [5.41, 5.74) is 1.95. The Labute approximate surface area is 125 Å². The standard InChI is InChI=1S/C17H22N2O2/c20-17(18-15-11-19-7-5-12(15)6-8-19)14-4-3-13-2-1-9-21-16(13)10-14/h3-4,10,12,15H,1-2,5-9,11H2,(H,18,20). The fraction of sp³-hybridized carbons (Fsp3) is 0.588. The molecular formula is C17H22N2O2. The van der Waals surface area contributed by atoms with Crippen molar-refractivity contribution in [3.8, 4) is 5.75 Å². The molecule has 5 rings (SSSR count).